The Balaban J connectivity index is 1.84. The summed E-state index contributed by atoms with van der Waals surface area (Å²) in [7, 11) is 0. The summed E-state index contributed by atoms with van der Waals surface area (Å²) in [6.45, 7) is 6.94. The molecular formula is C17H21NO2. The predicted molar refractivity (Wildman–Crippen MR) is 76.5 cm³/mol. The topological polar surface area (TPSA) is 38.3 Å². The molecule has 3 atom stereocenters. The molecule has 3 nitrogen and oxygen atoms in total. The van der Waals surface area contributed by atoms with Crippen LogP contribution in [0.5, 0.6) is 5.75 Å². The van der Waals surface area contributed by atoms with Gasteiger partial charge in [0.15, 0.2) is 5.72 Å². The third-order valence-electron chi connectivity index (χ3n) is 6.59. The molecule has 1 spiro atoms. The first-order chi connectivity index (χ1) is 9.40. The van der Waals surface area contributed by atoms with E-state index in [0.29, 0.717) is 11.5 Å². The Morgan fingerprint density at radius 3 is 2.65 bits per heavy atom. The fraction of sp³-hybridized carbons (Fsp3) is 0.588. The first kappa shape index (κ1) is 12.2. The second-order valence-corrected chi connectivity index (χ2v) is 7.37. The van der Waals surface area contributed by atoms with Gasteiger partial charge in [0.2, 0.25) is 0 Å². The maximum atomic E-state index is 12.5. The van der Waals surface area contributed by atoms with Crippen LogP contribution in [-0.2, 0) is 0 Å². The number of rotatable bonds is 0. The van der Waals surface area contributed by atoms with Gasteiger partial charge in [0, 0.05) is 11.8 Å². The number of hydrogen-bond donors (Lipinski definition) is 1. The molecule has 2 aliphatic carbocycles. The molecule has 4 rings (SSSR count). The highest BCUT2D eigenvalue weighted by molar-refractivity contribution is 5.98. The van der Waals surface area contributed by atoms with Crippen LogP contribution in [0, 0.1) is 16.7 Å². The molecule has 2 saturated carbocycles. The second-order valence-electron chi connectivity index (χ2n) is 7.37. The lowest BCUT2D eigenvalue weighted by atomic mass is 9.67. The molecule has 1 amide bonds. The van der Waals surface area contributed by atoms with Crippen molar-refractivity contribution in [2.75, 3.05) is 0 Å². The first-order valence-corrected chi connectivity index (χ1v) is 7.50. The highest BCUT2D eigenvalue weighted by atomic mass is 16.5. The quantitative estimate of drug-likeness (QED) is 0.786. The van der Waals surface area contributed by atoms with Gasteiger partial charge in [-0.2, -0.15) is 0 Å². The van der Waals surface area contributed by atoms with Crippen molar-refractivity contribution < 1.29 is 9.53 Å². The Morgan fingerprint density at radius 1 is 1.25 bits per heavy atom. The summed E-state index contributed by atoms with van der Waals surface area (Å²) in [4.78, 5) is 12.5. The summed E-state index contributed by atoms with van der Waals surface area (Å²) < 4.78 is 6.39. The van der Waals surface area contributed by atoms with E-state index in [1.54, 1.807) is 0 Å². The number of carbonyl (C=O) groups is 1. The van der Waals surface area contributed by atoms with E-state index < -0.39 is 5.72 Å². The molecule has 0 saturated heterocycles. The highest BCUT2D eigenvalue weighted by Crippen LogP contribution is 2.70. The van der Waals surface area contributed by atoms with Gasteiger partial charge in [-0.3, -0.25) is 4.79 Å². The van der Waals surface area contributed by atoms with Gasteiger partial charge in [-0.05, 0) is 36.3 Å². The fourth-order valence-corrected chi connectivity index (χ4v) is 4.80. The Kier molecular flexibility index (Phi) is 2.07. The first-order valence-electron chi connectivity index (χ1n) is 7.50. The Bertz CT molecular complexity index is 609. The SMILES string of the molecule is CC1(C)[C@H]2CC[C@@]1(C)[C@]1(C2)NC(=O)c2ccccc2O1. The predicted octanol–water partition coefficient (Wildman–Crippen LogP) is 3.35. The minimum atomic E-state index is -0.523. The van der Waals surface area contributed by atoms with Crippen molar-refractivity contribution in [3.63, 3.8) is 0 Å². The summed E-state index contributed by atoms with van der Waals surface area (Å²) in [5, 5.41) is 3.21. The molecule has 1 heterocycles. The molecular weight excluding hydrogens is 250 g/mol. The number of para-hydroxylation sites is 1. The van der Waals surface area contributed by atoms with Crippen LogP contribution in [-0.4, -0.2) is 11.6 Å². The molecule has 3 aliphatic rings. The average Bonchev–Trinajstić information content (AvgIpc) is 2.71. The number of hydrogen-bond acceptors (Lipinski definition) is 2. The standard InChI is InChI=1S/C17H21NO2/c1-15(2)11-8-9-16(15,3)17(10-11)18-14(19)12-6-4-5-7-13(12)20-17/h4-7,11H,8-10H2,1-3H3,(H,18,19)/t11-,16+,17+/m0/s1. The van der Waals surface area contributed by atoms with E-state index in [4.69, 9.17) is 4.74 Å². The number of fused-ring (bicyclic) bond motifs is 4. The molecule has 20 heavy (non-hydrogen) atoms. The molecule has 1 N–H and O–H groups in total. The van der Waals surface area contributed by atoms with Gasteiger partial charge in [0.05, 0.1) is 5.56 Å². The van der Waals surface area contributed by atoms with E-state index in [-0.39, 0.29) is 16.7 Å². The lowest BCUT2D eigenvalue weighted by Gasteiger charge is -2.50. The van der Waals surface area contributed by atoms with Crippen molar-refractivity contribution >= 4 is 5.91 Å². The molecule has 0 unspecified atom stereocenters. The van der Waals surface area contributed by atoms with E-state index in [1.165, 1.54) is 6.42 Å². The molecule has 1 aliphatic heterocycles. The van der Waals surface area contributed by atoms with Gasteiger partial charge in [0.25, 0.3) is 5.91 Å². The molecule has 2 fully saturated rings. The Morgan fingerprint density at radius 2 is 2.00 bits per heavy atom. The normalized spacial score (nSPS) is 40.4. The van der Waals surface area contributed by atoms with Crippen molar-refractivity contribution in [1.82, 2.24) is 5.32 Å². The van der Waals surface area contributed by atoms with Crippen molar-refractivity contribution in [1.29, 1.82) is 0 Å². The smallest absolute Gasteiger partial charge is 0.258 e. The van der Waals surface area contributed by atoms with E-state index in [9.17, 15) is 4.79 Å². The monoisotopic (exact) mass is 271 g/mol. The summed E-state index contributed by atoms with van der Waals surface area (Å²) in [5.41, 5.74) is 0.327. The van der Waals surface area contributed by atoms with Gasteiger partial charge in [-0.15, -0.1) is 0 Å². The van der Waals surface area contributed by atoms with Crippen LogP contribution in [0.4, 0.5) is 0 Å². The van der Waals surface area contributed by atoms with E-state index in [0.717, 1.165) is 18.6 Å². The third-order valence-corrected chi connectivity index (χ3v) is 6.59. The van der Waals surface area contributed by atoms with Crippen LogP contribution < -0.4 is 10.1 Å². The van der Waals surface area contributed by atoms with E-state index in [2.05, 4.69) is 26.1 Å². The van der Waals surface area contributed by atoms with Gasteiger partial charge in [0.1, 0.15) is 5.75 Å². The van der Waals surface area contributed by atoms with Crippen LogP contribution in [0.1, 0.15) is 50.4 Å². The molecule has 0 radical (unpaired) electrons. The number of nitrogens with one attached hydrogen (secondary N) is 1. The molecule has 1 aromatic carbocycles. The molecule has 2 bridgehead atoms. The van der Waals surface area contributed by atoms with Crippen LogP contribution in [0.25, 0.3) is 0 Å². The average molecular weight is 271 g/mol. The fourth-order valence-electron chi connectivity index (χ4n) is 4.80. The lowest BCUT2D eigenvalue weighted by molar-refractivity contribution is -0.0912. The maximum absolute atomic E-state index is 12.5. The van der Waals surface area contributed by atoms with Gasteiger partial charge in [-0.25, -0.2) is 0 Å². The summed E-state index contributed by atoms with van der Waals surface area (Å²) in [6, 6.07) is 7.56. The summed E-state index contributed by atoms with van der Waals surface area (Å²) >= 11 is 0. The van der Waals surface area contributed by atoms with Gasteiger partial charge >= 0.3 is 0 Å². The van der Waals surface area contributed by atoms with Crippen LogP contribution in [0.2, 0.25) is 0 Å². The number of benzene rings is 1. The molecule has 1 aromatic rings. The number of carbonyl (C=O) groups excluding carboxylic acids is 1. The lowest BCUT2D eigenvalue weighted by Crippen LogP contribution is -2.64. The van der Waals surface area contributed by atoms with E-state index >= 15 is 0 Å². The molecule has 106 valence electrons. The van der Waals surface area contributed by atoms with Crippen LogP contribution in [0.3, 0.4) is 0 Å². The minimum Gasteiger partial charge on any atom is -0.467 e. The van der Waals surface area contributed by atoms with Crippen molar-refractivity contribution in [3.8, 4) is 5.75 Å². The zero-order chi connectivity index (χ0) is 14.2. The molecule has 3 heteroatoms. The maximum Gasteiger partial charge on any atom is 0.258 e. The largest absolute Gasteiger partial charge is 0.467 e. The summed E-state index contributed by atoms with van der Waals surface area (Å²) in [6.07, 6.45) is 3.29. The third kappa shape index (κ3) is 1.16. The van der Waals surface area contributed by atoms with Crippen LogP contribution in [0.15, 0.2) is 24.3 Å². The van der Waals surface area contributed by atoms with Crippen LogP contribution >= 0.6 is 0 Å². The number of ether oxygens (including phenoxy) is 1. The minimum absolute atomic E-state index is 0.00609. The van der Waals surface area contributed by atoms with Crippen molar-refractivity contribution in [2.24, 2.45) is 16.7 Å². The Labute approximate surface area is 119 Å². The van der Waals surface area contributed by atoms with E-state index in [1.807, 2.05) is 24.3 Å². The zero-order valence-corrected chi connectivity index (χ0v) is 12.3. The zero-order valence-electron chi connectivity index (χ0n) is 12.3. The van der Waals surface area contributed by atoms with Crippen molar-refractivity contribution in [3.05, 3.63) is 29.8 Å². The highest BCUT2D eigenvalue weighted by Gasteiger charge is 2.72. The molecule has 0 aromatic heterocycles. The summed E-state index contributed by atoms with van der Waals surface area (Å²) in [5.74, 6) is 1.37. The number of amides is 1. The van der Waals surface area contributed by atoms with Gasteiger partial charge < -0.3 is 10.1 Å². The Hall–Kier alpha value is -1.51. The van der Waals surface area contributed by atoms with Gasteiger partial charge in [-0.1, -0.05) is 32.9 Å². The van der Waals surface area contributed by atoms with Crippen molar-refractivity contribution in [2.45, 2.75) is 45.8 Å². The second kappa shape index (κ2) is 3.38.